The predicted octanol–water partition coefficient (Wildman–Crippen LogP) is 3.80. The van der Waals surface area contributed by atoms with E-state index in [1.807, 2.05) is 36.3 Å². The van der Waals surface area contributed by atoms with Crippen molar-refractivity contribution < 1.29 is 14.3 Å². The lowest BCUT2D eigenvalue weighted by molar-refractivity contribution is -0.121. The van der Waals surface area contributed by atoms with Crippen LogP contribution in [0.2, 0.25) is 5.02 Å². The Bertz CT molecular complexity index is 915. The van der Waals surface area contributed by atoms with E-state index in [0.717, 1.165) is 4.88 Å². The monoisotopic (exact) mass is 402 g/mol. The second kappa shape index (κ2) is 7.11. The number of thiophene rings is 1. The number of amides is 2. The first-order chi connectivity index (χ1) is 13.0. The molecular formula is C20H19ClN2O3S. The second-order valence-electron chi connectivity index (χ2n) is 6.79. The van der Waals surface area contributed by atoms with Gasteiger partial charge >= 0.3 is 0 Å². The van der Waals surface area contributed by atoms with Gasteiger partial charge in [0.25, 0.3) is 11.8 Å². The SMILES string of the molecule is CC1CN(C2=C(c3cccs3)C(=O)N(c3cccc(Cl)c3)C2=O)CC(C)O1. The minimum Gasteiger partial charge on any atom is -0.372 e. The van der Waals surface area contributed by atoms with E-state index in [0.29, 0.717) is 35.1 Å². The highest BCUT2D eigenvalue weighted by atomic mass is 35.5. The molecule has 2 unspecified atom stereocenters. The van der Waals surface area contributed by atoms with Gasteiger partial charge in [0, 0.05) is 23.0 Å². The van der Waals surface area contributed by atoms with Gasteiger partial charge in [-0.3, -0.25) is 9.59 Å². The van der Waals surface area contributed by atoms with Crippen molar-refractivity contribution in [2.75, 3.05) is 18.0 Å². The van der Waals surface area contributed by atoms with Gasteiger partial charge in [-0.1, -0.05) is 23.7 Å². The van der Waals surface area contributed by atoms with Gasteiger partial charge in [-0.15, -0.1) is 11.3 Å². The lowest BCUT2D eigenvalue weighted by atomic mass is 10.1. The molecule has 1 aromatic heterocycles. The van der Waals surface area contributed by atoms with Gasteiger partial charge in [-0.2, -0.15) is 0 Å². The van der Waals surface area contributed by atoms with Gasteiger partial charge in [0.15, 0.2) is 0 Å². The fourth-order valence-electron chi connectivity index (χ4n) is 3.66. The van der Waals surface area contributed by atoms with Crippen LogP contribution in [0, 0.1) is 0 Å². The van der Waals surface area contributed by atoms with E-state index < -0.39 is 0 Å². The number of hydrogen-bond donors (Lipinski definition) is 0. The number of anilines is 1. The van der Waals surface area contributed by atoms with E-state index in [4.69, 9.17) is 16.3 Å². The summed E-state index contributed by atoms with van der Waals surface area (Å²) in [5, 5.41) is 2.39. The summed E-state index contributed by atoms with van der Waals surface area (Å²) in [5.41, 5.74) is 1.39. The van der Waals surface area contributed by atoms with Gasteiger partial charge in [0.05, 0.1) is 23.5 Å². The normalized spacial score (nSPS) is 23.5. The number of hydrogen-bond acceptors (Lipinski definition) is 5. The molecule has 140 valence electrons. The Labute approximate surface area is 166 Å². The summed E-state index contributed by atoms with van der Waals surface area (Å²) < 4.78 is 5.80. The minimum absolute atomic E-state index is 0.0195. The van der Waals surface area contributed by atoms with E-state index in [1.54, 1.807) is 24.3 Å². The summed E-state index contributed by atoms with van der Waals surface area (Å²) in [4.78, 5) is 30.7. The lowest BCUT2D eigenvalue weighted by Crippen LogP contribution is -2.47. The molecule has 0 bridgehead atoms. The molecule has 2 aliphatic rings. The lowest BCUT2D eigenvalue weighted by Gasteiger charge is -2.37. The largest absolute Gasteiger partial charge is 0.372 e. The Hall–Kier alpha value is -2.15. The summed E-state index contributed by atoms with van der Waals surface area (Å²) in [6.07, 6.45) is -0.0390. The van der Waals surface area contributed by atoms with Gasteiger partial charge < -0.3 is 9.64 Å². The van der Waals surface area contributed by atoms with Crippen molar-refractivity contribution in [2.45, 2.75) is 26.1 Å². The van der Waals surface area contributed by atoms with E-state index in [9.17, 15) is 9.59 Å². The van der Waals surface area contributed by atoms with E-state index in [-0.39, 0.29) is 24.0 Å². The standard InChI is InChI=1S/C20H19ClN2O3S/c1-12-10-22(11-13(2)26-12)18-17(16-7-4-8-27-16)19(24)23(20(18)25)15-6-3-5-14(21)9-15/h3-9,12-13H,10-11H2,1-2H3. The molecule has 0 radical (unpaired) electrons. The van der Waals surface area contributed by atoms with Crippen LogP contribution < -0.4 is 4.90 Å². The van der Waals surface area contributed by atoms with Gasteiger partial charge in [0.2, 0.25) is 0 Å². The number of carbonyl (C=O) groups is 2. The van der Waals surface area contributed by atoms with E-state index >= 15 is 0 Å². The number of ether oxygens (including phenoxy) is 1. The van der Waals surface area contributed by atoms with Crippen LogP contribution in [0.5, 0.6) is 0 Å². The molecule has 1 aromatic carbocycles. The maximum Gasteiger partial charge on any atom is 0.282 e. The highest BCUT2D eigenvalue weighted by Crippen LogP contribution is 2.37. The number of morpholine rings is 1. The van der Waals surface area contributed by atoms with Crippen LogP contribution in [-0.4, -0.2) is 42.0 Å². The molecule has 27 heavy (non-hydrogen) atoms. The first kappa shape index (κ1) is 18.2. The molecule has 1 saturated heterocycles. The molecule has 3 heterocycles. The molecule has 4 rings (SSSR count). The maximum absolute atomic E-state index is 13.4. The Kier molecular flexibility index (Phi) is 4.80. The molecule has 2 aromatic rings. The van der Waals surface area contributed by atoms with E-state index in [2.05, 4.69) is 0 Å². The first-order valence-corrected chi connectivity index (χ1v) is 10.0. The third kappa shape index (κ3) is 3.29. The number of imide groups is 1. The van der Waals surface area contributed by atoms with Crippen LogP contribution in [0.15, 0.2) is 47.5 Å². The Morgan fingerprint density at radius 1 is 1.07 bits per heavy atom. The highest BCUT2D eigenvalue weighted by molar-refractivity contribution is 7.11. The number of rotatable bonds is 3. The minimum atomic E-state index is -0.313. The summed E-state index contributed by atoms with van der Waals surface area (Å²) in [6.45, 7) is 5.09. The summed E-state index contributed by atoms with van der Waals surface area (Å²) >= 11 is 7.54. The Balaban J connectivity index is 1.81. The third-order valence-corrected chi connectivity index (χ3v) is 5.75. The average molecular weight is 403 g/mol. The summed E-state index contributed by atoms with van der Waals surface area (Å²) in [7, 11) is 0. The zero-order valence-electron chi connectivity index (χ0n) is 15.0. The number of carbonyl (C=O) groups excluding carboxylic acids is 2. The summed E-state index contributed by atoms with van der Waals surface area (Å²) in [5.74, 6) is -0.626. The first-order valence-electron chi connectivity index (χ1n) is 8.78. The van der Waals surface area contributed by atoms with Crippen molar-refractivity contribution in [2.24, 2.45) is 0 Å². The third-order valence-electron chi connectivity index (χ3n) is 4.63. The van der Waals surface area contributed by atoms with Crippen molar-refractivity contribution in [3.63, 3.8) is 0 Å². The maximum atomic E-state index is 13.4. The van der Waals surface area contributed by atoms with Crippen LogP contribution >= 0.6 is 22.9 Å². The van der Waals surface area contributed by atoms with Crippen molar-refractivity contribution in [1.82, 2.24) is 4.90 Å². The van der Waals surface area contributed by atoms with Gasteiger partial charge in [-0.05, 0) is 43.5 Å². The van der Waals surface area contributed by atoms with Crippen molar-refractivity contribution in [3.05, 3.63) is 57.4 Å². The fourth-order valence-corrected chi connectivity index (χ4v) is 4.61. The zero-order valence-corrected chi connectivity index (χ0v) is 16.6. The Morgan fingerprint density at radius 2 is 1.81 bits per heavy atom. The number of halogens is 1. The molecule has 0 saturated carbocycles. The van der Waals surface area contributed by atoms with Crippen LogP contribution in [0.3, 0.4) is 0 Å². The Morgan fingerprint density at radius 3 is 2.44 bits per heavy atom. The van der Waals surface area contributed by atoms with Crippen LogP contribution in [0.25, 0.3) is 5.57 Å². The molecule has 0 aliphatic carbocycles. The van der Waals surface area contributed by atoms with Crippen LogP contribution in [-0.2, 0) is 14.3 Å². The second-order valence-corrected chi connectivity index (χ2v) is 8.17. The molecule has 7 heteroatoms. The molecular weight excluding hydrogens is 384 g/mol. The van der Waals surface area contributed by atoms with Gasteiger partial charge in [0.1, 0.15) is 5.70 Å². The topological polar surface area (TPSA) is 49.9 Å². The predicted molar refractivity (Wildman–Crippen MR) is 107 cm³/mol. The number of nitrogens with zero attached hydrogens (tertiary/aromatic N) is 2. The number of benzene rings is 1. The average Bonchev–Trinajstić information content (AvgIpc) is 3.20. The molecule has 5 nitrogen and oxygen atoms in total. The summed E-state index contributed by atoms with van der Waals surface area (Å²) in [6, 6.07) is 10.6. The van der Waals surface area contributed by atoms with Crippen molar-refractivity contribution in [1.29, 1.82) is 0 Å². The van der Waals surface area contributed by atoms with Crippen LogP contribution in [0.1, 0.15) is 18.7 Å². The molecule has 2 amide bonds. The van der Waals surface area contributed by atoms with Gasteiger partial charge in [-0.25, -0.2) is 4.90 Å². The van der Waals surface area contributed by atoms with Crippen molar-refractivity contribution >= 4 is 46.0 Å². The molecule has 0 N–H and O–H groups in total. The molecule has 2 aliphatic heterocycles. The molecule has 1 fully saturated rings. The fraction of sp³-hybridized carbons (Fsp3) is 0.300. The smallest absolute Gasteiger partial charge is 0.282 e. The zero-order chi connectivity index (χ0) is 19.1. The van der Waals surface area contributed by atoms with Crippen molar-refractivity contribution in [3.8, 4) is 0 Å². The molecule has 2 atom stereocenters. The van der Waals surface area contributed by atoms with Crippen LogP contribution in [0.4, 0.5) is 5.69 Å². The molecule has 0 spiro atoms. The highest BCUT2D eigenvalue weighted by Gasteiger charge is 2.44. The van der Waals surface area contributed by atoms with E-state index in [1.165, 1.54) is 16.2 Å². The quantitative estimate of drug-likeness (QED) is 0.733.